The van der Waals surface area contributed by atoms with Crippen molar-refractivity contribution in [1.82, 2.24) is 19.9 Å². The van der Waals surface area contributed by atoms with Crippen LogP contribution in [0.4, 0.5) is 0 Å². The van der Waals surface area contributed by atoms with Gasteiger partial charge in [0.1, 0.15) is 0 Å². The molecule has 0 amide bonds. The summed E-state index contributed by atoms with van der Waals surface area (Å²) < 4.78 is 28.3. The van der Waals surface area contributed by atoms with Crippen LogP contribution in [0.15, 0.2) is 30.3 Å². The molecule has 0 radical (unpaired) electrons. The Hall–Kier alpha value is -3.24. The average molecular weight is 661 g/mol. The number of hydrogen-bond acceptors (Lipinski definition) is 7. The smallest absolute Gasteiger partial charge is 0.163 e. The molecule has 9 nitrogen and oxygen atoms in total. The van der Waals surface area contributed by atoms with Crippen LogP contribution >= 0.6 is 0 Å². The summed E-state index contributed by atoms with van der Waals surface area (Å²) in [6.07, 6.45) is 5.18. The summed E-state index contributed by atoms with van der Waals surface area (Å²) in [6, 6.07) is 11.3. The zero-order valence-corrected chi connectivity index (χ0v) is 30.5. The van der Waals surface area contributed by atoms with Crippen LogP contribution in [-0.4, -0.2) is 81.9 Å². The van der Waals surface area contributed by atoms with E-state index in [0.717, 1.165) is 89.1 Å². The number of methoxy groups -OCH3 is 5. The molecule has 3 aromatic heterocycles. The maximum Gasteiger partial charge on any atom is 0.163 e. The summed E-state index contributed by atoms with van der Waals surface area (Å²) >= 11 is 0. The molecule has 0 aliphatic carbocycles. The van der Waals surface area contributed by atoms with Crippen molar-refractivity contribution in [2.75, 3.05) is 62.0 Å². The van der Waals surface area contributed by atoms with Crippen molar-refractivity contribution in [3.63, 3.8) is 0 Å². The summed E-state index contributed by atoms with van der Waals surface area (Å²) in [4.78, 5) is 18.1. The first kappa shape index (κ1) is 36.1. The number of nitrogens with one attached hydrogen (secondary N) is 2. The van der Waals surface area contributed by atoms with Gasteiger partial charge in [0.05, 0.1) is 18.3 Å². The minimum Gasteiger partial charge on any atom is -0.493 e. The van der Waals surface area contributed by atoms with Gasteiger partial charge in [0.15, 0.2) is 5.75 Å². The summed E-state index contributed by atoms with van der Waals surface area (Å²) in [5, 5.41) is 0. The Kier molecular flexibility index (Phi) is 11.7. The van der Waals surface area contributed by atoms with Crippen LogP contribution in [-0.2, 0) is 42.6 Å². The van der Waals surface area contributed by atoms with Crippen LogP contribution in [0.3, 0.4) is 0 Å². The first-order valence-corrected chi connectivity index (χ1v) is 17.3. The lowest BCUT2D eigenvalue weighted by Crippen LogP contribution is -2.15. The van der Waals surface area contributed by atoms with E-state index in [1.165, 1.54) is 11.1 Å². The van der Waals surface area contributed by atoms with E-state index >= 15 is 0 Å². The van der Waals surface area contributed by atoms with E-state index in [9.17, 15) is 0 Å². The van der Waals surface area contributed by atoms with Crippen LogP contribution in [0.1, 0.15) is 99.1 Å². The summed E-state index contributed by atoms with van der Waals surface area (Å²) in [6.45, 7) is 11.8. The van der Waals surface area contributed by atoms with Crippen molar-refractivity contribution < 1.29 is 23.7 Å². The van der Waals surface area contributed by atoms with Gasteiger partial charge in [-0.15, -0.1) is 0 Å². The van der Waals surface area contributed by atoms with Crippen molar-refractivity contribution in [2.24, 2.45) is 0 Å². The Morgan fingerprint density at radius 2 is 1.10 bits per heavy atom. The fourth-order valence-electron chi connectivity index (χ4n) is 7.30. The van der Waals surface area contributed by atoms with Crippen molar-refractivity contribution in [3.8, 4) is 5.75 Å². The highest BCUT2D eigenvalue weighted by molar-refractivity contribution is 5.73. The largest absolute Gasteiger partial charge is 0.493 e. The number of hydrogen-bond donors (Lipinski definition) is 2. The van der Waals surface area contributed by atoms with E-state index < -0.39 is 0 Å². The van der Waals surface area contributed by atoms with E-state index in [1.807, 2.05) is 0 Å². The van der Waals surface area contributed by atoms with Gasteiger partial charge in [-0.25, -0.2) is 0 Å². The van der Waals surface area contributed by atoms with E-state index in [1.54, 1.807) is 35.5 Å². The molecular formula is C39H56N4O5. The van der Waals surface area contributed by atoms with Crippen molar-refractivity contribution in [2.45, 2.75) is 88.9 Å². The second kappa shape index (κ2) is 15.5. The fraction of sp³-hybridized carbons (Fsp3) is 0.590. The summed E-state index contributed by atoms with van der Waals surface area (Å²) in [5.41, 5.74) is 10.3. The van der Waals surface area contributed by atoms with Gasteiger partial charge in [-0.1, -0.05) is 27.7 Å². The Morgan fingerprint density at radius 1 is 0.604 bits per heavy atom. The number of nitrogens with zero attached hydrogens (tertiary/aromatic N) is 2. The minimum absolute atomic E-state index is 0.141. The highest BCUT2D eigenvalue weighted by atomic mass is 16.5. The monoisotopic (exact) mass is 660 g/mol. The molecule has 0 spiro atoms. The molecule has 0 fully saturated rings. The molecule has 0 unspecified atom stereocenters. The van der Waals surface area contributed by atoms with Crippen LogP contribution in [0.25, 0.3) is 22.1 Å². The quantitative estimate of drug-likeness (QED) is 0.172. The Balaban J connectivity index is 1.85. The standard InChI is InChI=1S/C39H56N4O5/c1-38(2)23-28-18-27-19-29(25(10-14-44-5)11-15-45-6)31(40-27)21-36-39(3,4)24-34(43-36)37(48-9)33-20-30(32(42-33)22-35(38)41-28)26(12-16-46-7)13-17-47-8/h18-22,25-26,40,42H,10-17,23-24H2,1-9H3. The number of H-pyrrole nitrogens is 2. The topological polar surface area (TPSA) is 104 Å². The van der Waals surface area contributed by atoms with Gasteiger partial charge in [0.25, 0.3) is 0 Å². The van der Waals surface area contributed by atoms with Gasteiger partial charge in [-0.05, 0) is 79.0 Å². The average Bonchev–Trinajstić information content (AvgIpc) is 3.78. The first-order valence-electron chi connectivity index (χ1n) is 17.3. The Labute approximate surface area is 286 Å². The molecular weight excluding hydrogens is 604 g/mol. The molecule has 2 aliphatic rings. The van der Waals surface area contributed by atoms with Crippen molar-refractivity contribution >= 4 is 22.1 Å². The van der Waals surface area contributed by atoms with E-state index in [2.05, 4.69) is 68.0 Å². The molecule has 48 heavy (non-hydrogen) atoms. The second-order valence-electron chi connectivity index (χ2n) is 14.7. The number of aromatic amines is 2. The first-order chi connectivity index (χ1) is 23.0. The summed E-state index contributed by atoms with van der Waals surface area (Å²) in [5.74, 6) is 1.28. The van der Waals surface area contributed by atoms with E-state index in [-0.39, 0.29) is 22.7 Å². The molecule has 2 N–H and O–H groups in total. The number of fused-ring (bicyclic) bond motifs is 8. The normalized spacial score (nSPS) is 15.5. The third kappa shape index (κ3) is 7.96. The predicted molar refractivity (Wildman–Crippen MR) is 192 cm³/mol. The highest BCUT2D eigenvalue weighted by Crippen LogP contribution is 2.40. The minimum atomic E-state index is -0.194. The van der Waals surface area contributed by atoms with Crippen LogP contribution < -0.4 is 4.74 Å². The maximum absolute atomic E-state index is 6.18. The van der Waals surface area contributed by atoms with Gasteiger partial charge >= 0.3 is 0 Å². The Bertz CT molecular complexity index is 1690. The summed E-state index contributed by atoms with van der Waals surface area (Å²) in [7, 11) is 8.80. The van der Waals surface area contributed by atoms with E-state index in [4.69, 9.17) is 33.7 Å². The van der Waals surface area contributed by atoms with Crippen LogP contribution in [0, 0.1) is 0 Å². The lowest BCUT2D eigenvalue weighted by Gasteiger charge is -2.18. The van der Waals surface area contributed by atoms with Gasteiger partial charge in [0, 0.05) is 112 Å². The molecule has 0 saturated carbocycles. The number of rotatable bonds is 15. The highest BCUT2D eigenvalue weighted by Gasteiger charge is 2.32. The lowest BCUT2D eigenvalue weighted by atomic mass is 9.86. The van der Waals surface area contributed by atoms with E-state index in [0.29, 0.717) is 26.4 Å². The molecule has 5 heterocycles. The molecule has 2 aliphatic heterocycles. The molecule has 262 valence electrons. The maximum atomic E-state index is 6.18. The van der Waals surface area contributed by atoms with Gasteiger partial charge in [-0.2, -0.15) is 0 Å². The zero-order chi connectivity index (χ0) is 34.5. The SMILES string of the molecule is COCCC(CCOC)c1cc2cc3nc(cc4[nH]c(cc4C(CCOC)CCOC)c(OC)c4nc(cc1[nH]2)C(C)(C)C4)C(C)(C)C3. The van der Waals surface area contributed by atoms with Gasteiger partial charge < -0.3 is 33.7 Å². The third-order valence-electron chi connectivity index (χ3n) is 10.1. The fourth-order valence-corrected chi connectivity index (χ4v) is 7.30. The molecule has 0 saturated heterocycles. The second-order valence-corrected chi connectivity index (χ2v) is 14.7. The van der Waals surface area contributed by atoms with Crippen LogP contribution in [0.5, 0.6) is 5.75 Å². The predicted octanol–water partition coefficient (Wildman–Crippen LogP) is 7.68. The van der Waals surface area contributed by atoms with Crippen molar-refractivity contribution in [1.29, 1.82) is 0 Å². The molecule has 0 aromatic carbocycles. The molecule has 8 bridgehead atoms. The van der Waals surface area contributed by atoms with Crippen LogP contribution in [0.2, 0.25) is 0 Å². The Morgan fingerprint density at radius 3 is 1.65 bits per heavy atom. The van der Waals surface area contributed by atoms with Gasteiger partial charge in [-0.3, -0.25) is 9.97 Å². The zero-order valence-electron chi connectivity index (χ0n) is 30.5. The van der Waals surface area contributed by atoms with Gasteiger partial charge in [0.2, 0.25) is 0 Å². The third-order valence-corrected chi connectivity index (χ3v) is 10.1. The molecule has 5 rings (SSSR count). The number of ether oxygens (including phenoxy) is 5. The number of aromatic nitrogens is 4. The lowest BCUT2D eigenvalue weighted by molar-refractivity contribution is 0.163. The van der Waals surface area contributed by atoms with Crippen molar-refractivity contribution in [3.05, 3.63) is 64.2 Å². The molecule has 0 atom stereocenters. The molecule has 3 aromatic rings. The molecule has 9 heteroatoms.